The van der Waals surface area contributed by atoms with Gasteiger partial charge in [0.2, 0.25) is 0 Å². The zero-order chi connectivity index (χ0) is 19.0. The highest BCUT2D eigenvalue weighted by Gasteiger charge is 2.59. The standard InChI is InChI=1S/C21H23F2NO3/c1-14(25)21-12-26-19(17-6-2-4-15(8-17)10-22)24(21)20(27-13-21)18-7-3-5-16(9-18)11-23/h2-9,14,19-20,25H,10-13H2,1H3. The largest absolute Gasteiger partial charge is 0.391 e. The fraction of sp³-hybridized carbons (Fsp3) is 0.429. The summed E-state index contributed by atoms with van der Waals surface area (Å²) in [5.41, 5.74) is 2.06. The molecule has 0 saturated carbocycles. The van der Waals surface area contributed by atoms with Crippen molar-refractivity contribution >= 4 is 0 Å². The molecule has 3 unspecified atom stereocenters. The zero-order valence-electron chi connectivity index (χ0n) is 15.1. The van der Waals surface area contributed by atoms with E-state index in [0.717, 1.165) is 11.1 Å². The summed E-state index contributed by atoms with van der Waals surface area (Å²) in [6.45, 7) is 1.21. The molecule has 2 aromatic carbocycles. The van der Waals surface area contributed by atoms with Gasteiger partial charge in [-0.2, -0.15) is 0 Å². The summed E-state index contributed by atoms with van der Waals surface area (Å²) >= 11 is 0. The molecule has 2 fully saturated rings. The Morgan fingerprint density at radius 1 is 1.00 bits per heavy atom. The van der Waals surface area contributed by atoms with E-state index in [1.807, 2.05) is 17.0 Å². The van der Waals surface area contributed by atoms with Gasteiger partial charge in [-0.25, -0.2) is 13.7 Å². The van der Waals surface area contributed by atoms with Gasteiger partial charge in [0.15, 0.2) is 0 Å². The maximum atomic E-state index is 13.1. The number of aliphatic hydroxyl groups excluding tert-OH is 1. The molecule has 6 heteroatoms. The number of rotatable bonds is 5. The molecule has 4 nitrogen and oxygen atoms in total. The Labute approximate surface area is 157 Å². The minimum Gasteiger partial charge on any atom is -0.391 e. The number of alkyl halides is 2. The first-order valence-electron chi connectivity index (χ1n) is 9.08. The normalized spacial score (nSPS) is 29.0. The molecule has 0 radical (unpaired) electrons. The minimum atomic E-state index is -0.702. The summed E-state index contributed by atoms with van der Waals surface area (Å²) in [7, 11) is 0. The van der Waals surface area contributed by atoms with Crippen LogP contribution < -0.4 is 0 Å². The van der Waals surface area contributed by atoms with Gasteiger partial charge in [0.1, 0.15) is 25.8 Å². The van der Waals surface area contributed by atoms with E-state index >= 15 is 0 Å². The van der Waals surface area contributed by atoms with Gasteiger partial charge in [-0.15, -0.1) is 0 Å². The first-order chi connectivity index (χ1) is 13.1. The highest BCUT2D eigenvalue weighted by atomic mass is 19.1. The Morgan fingerprint density at radius 3 is 1.89 bits per heavy atom. The van der Waals surface area contributed by atoms with Crippen molar-refractivity contribution in [1.29, 1.82) is 0 Å². The summed E-state index contributed by atoms with van der Waals surface area (Å²) < 4.78 is 38.4. The summed E-state index contributed by atoms with van der Waals surface area (Å²) in [6, 6.07) is 14.4. The van der Waals surface area contributed by atoms with Crippen LogP contribution in [-0.2, 0) is 22.8 Å². The molecular weight excluding hydrogens is 352 g/mol. The molecule has 2 saturated heterocycles. The zero-order valence-corrected chi connectivity index (χ0v) is 15.1. The Kier molecular flexibility index (Phi) is 4.99. The monoisotopic (exact) mass is 375 g/mol. The number of hydrogen-bond donors (Lipinski definition) is 1. The summed E-state index contributed by atoms with van der Waals surface area (Å²) in [5.74, 6) is 0. The first-order valence-corrected chi connectivity index (χ1v) is 9.08. The van der Waals surface area contributed by atoms with Crippen LogP contribution in [0.2, 0.25) is 0 Å². The maximum absolute atomic E-state index is 13.1. The van der Waals surface area contributed by atoms with Gasteiger partial charge in [0, 0.05) is 0 Å². The van der Waals surface area contributed by atoms with E-state index in [0.29, 0.717) is 24.3 Å². The van der Waals surface area contributed by atoms with Gasteiger partial charge < -0.3 is 14.6 Å². The Balaban J connectivity index is 1.75. The predicted molar refractivity (Wildman–Crippen MR) is 96.1 cm³/mol. The Morgan fingerprint density at radius 2 is 1.48 bits per heavy atom. The van der Waals surface area contributed by atoms with Crippen molar-refractivity contribution in [1.82, 2.24) is 4.90 Å². The van der Waals surface area contributed by atoms with Crippen molar-refractivity contribution < 1.29 is 23.4 Å². The molecule has 3 atom stereocenters. The molecule has 1 N–H and O–H groups in total. The van der Waals surface area contributed by atoms with Gasteiger partial charge in [-0.05, 0) is 41.3 Å². The Hall–Kier alpha value is -1.86. The van der Waals surface area contributed by atoms with Crippen LogP contribution in [0.25, 0.3) is 0 Å². The van der Waals surface area contributed by atoms with Crippen molar-refractivity contribution in [2.75, 3.05) is 13.2 Å². The summed E-state index contributed by atoms with van der Waals surface area (Å²) in [5, 5.41) is 10.5. The number of aliphatic hydroxyl groups is 1. The molecular formula is C21H23F2NO3. The molecule has 0 spiro atoms. The van der Waals surface area contributed by atoms with Gasteiger partial charge in [0.05, 0.1) is 24.9 Å². The van der Waals surface area contributed by atoms with Crippen molar-refractivity contribution in [3.8, 4) is 0 Å². The third kappa shape index (κ3) is 3.06. The minimum absolute atomic E-state index is 0.300. The fourth-order valence-electron chi connectivity index (χ4n) is 4.02. The van der Waals surface area contributed by atoms with E-state index in [9.17, 15) is 13.9 Å². The lowest BCUT2D eigenvalue weighted by Gasteiger charge is -2.36. The third-order valence-electron chi connectivity index (χ3n) is 5.56. The topological polar surface area (TPSA) is 41.9 Å². The second-order valence-corrected chi connectivity index (χ2v) is 7.27. The van der Waals surface area contributed by atoms with Crippen LogP contribution >= 0.6 is 0 Å². The molecule has 144 valence electrons. The van der Waals surface area contributed by atoms with Crippen LogP contribution in [0.15, 0.2) is 48.5 Å². The molecule has 2 aromatic rings. The van der Waals surface area contributed by atoms with Crippen LogP contribution in [0, 0.1) is 0 Å². The number of benzene rings is 2. The molecule has 0 aromatic heterocycles. The van der Waals surface area contributed by atoms with E-state index in [1.54, 1.807) is 43.3 Å². The van der Waals surface area contributed by atoms with E-state index in [1.165, 1.54) is 0 Å². The Bertz CT molecular complexity index is 754. The molecule has 4 rings (SSSR count). The maximum Gasteiger partial charge on any atom is 0.139 e. The lowest BCUT2D eigenvalue weighted by Crippen LogP contribution is -2.52. The van der Waals surface area contributed by atoms with E-state index in [2.05, 4.69) is 0 Å². The van der Waals surface area contributed by atoms with Gasteiger partial charge in [-0.3, -0.25) is 0 Å². The van der Waals surface area contributed by atoms with Crippen LogP contribution in [0.5, 0.6) is 0 Å². The first kappa shape index (κ1) is 18.5. The van der Waals surface area contributed by atoms with Crippen LogP contribution in [0.3, 0.4) is 0 Å². The van der Waals surface area contributed by atoms with Crippen molar-refractivity contribution in [3.63, 3.8) is 0 Å². The average molecular weight is 375 g/mol. The van der Waals surface area contributed by atoms with Gasteiger partial charge in [-0.1, -0.05) is 36.4 Å². The quantitative estimate of drug-likeness (QED) is 0.863. The predicted octanol–water partition coefficient (Wildman–Crippen LogP) is 3.81. The van der Waals surface area contributed by atoms with Crippen molar-refractivity contribution in [2.45, 2.75) is 44.4 Å². The van der Waals surface area contributed by atoms with E-state index in [-0.39, 0.29) is 0 Å². The smallest absolute Gasteiger partial charge is 0.139 e. The van der Waals surface area contributed by atoms with E-state index in [4.69, 9.17) is 9.47 Å². The number of nitrogens with zero attached hydrogens (tertiary/aromatic N) is 1. The SMILES string of the molecule is CC(O)C12COC(c3cccc(CF)c3)N1C(c1cccc(CF)c1)OC2. The van der Waals surface area contributed by atoms with Crippen molar-refractivity contribution in [3.05, 3.63) is 70.8 Å². The summed E-state index contributed by atoms with van der Waals surface area (Å²) in [4.78, 5) is 2.01. The molecule has 0 amide bonds. The molecule has 0 bridgehead atoms. The average Bonchev–Trinajstić information content (AvgIpc) is 3.26. The molecule has 2 aliphatic heterocycles. The highest BCUT2D eigenvalue weighted by molar-refractivity contribution is 5.30. The molecule has 2 heterocycles. The lowest BCUT2D eigenvalue weighted by atomic mass is 9.93. The second kappa shape index (κ2) is 7.28. The van der Waals surface area contributed by atoms with Crippen LogP contribution in [0.1, 0.15) is 41.6 Å². The molecule has 27 heavy (non-hydrogen) atoms. The molecule has 0 aliphatic carbocycles. The molecule has 2 aliphatic rings. The lowest BCUT2D eigenvalue weighted by molar-refractivity contribution is -0.0655. The number of hydrogen-bond acceptors (Lipinski definition) is 4. The van der Waals surface area contributed by atoms with Crippen molar-refractivity contribution in [2.24, 2.45) is 0 Å². The van der Waals surface area contributed by atoms with E-state index < -0.39 is 37.4 Å². The number of halogens is 2. The summed E-state index contributed by atoms with van der Waals surface area (Å²) in [6.07, 6.45) is -1.65. The number of fused-ring (bicyclic) bond motifs is 1. The highest BCUT2D eigenvalue weighted by Crippen LogP contribution is 2.50. The number of ether oxygens (including phenoxy) is 2. The van der Waals surface area contributed by atoms with Crippen LogP contribution in [0.4, 0.5) is 8.78 Å². The van der Waals surface area contributed by atoms with Gasteiger partial charge >= 0.3 is 0 Å². The van der Waals surface area contributed by atoms with Crippen LogP contribution in [-0.4, -0.2) is 34.9 Å². The second-order valence-electron chi connectivity index (χ2n) is 7.27. The fourth-order valence-corrected chi connectivity index (χ4v) is 4.02. The third-order valence-corrected chi connectivity index (χ3v) is 5.56. The van der Waals surface area contributed by atoms with Gasteiger partial charge in [0.25, 0.3) is 0 Å².